The molecule has 3 heterocycles. The summed E-state index contributed by atoms with van der Waals surface area (Å²) in [5.74, 6) is -0.334. The van der Waals surface area contributed by atoms with Crippen LogP contribution in [0.3, 0.4) is 0 Å². The van der Waals surface area contributed by atoms with Crippen LogP contribution in [0, 0.1) is 17.8 Å². The van der Waals surface area contributed by atoms with Gasteiger partial charge in [0.15, 0.2) is 0 Å². The Morgan fingerprint density at radius 3 is 2.38 bits per heavy atom. The number of fused-ring (bicyclic) bond motifs is 5. The molecule has 5 nitrogen and oxygen atoms in total. The van der Waals surface area contributed by atoms with Crippen LogP contribution in [0.1, 0.15) is 46.5 Å². The van der Waals surface area contributed by atoms with Gasteiger partial charge in [0, 0.05) is 17.8 Å². The minimum Gasteiger partial charge on any atom is -0.481 e. The Labute approximate surface area is 125 Å². The number of carboxylic acids is 1. The molecule has 3 fully saturated rings. The van der Waals surface area contributed by atoms with Crippen molar-refractivity contribution >= 4 is 5.97 Å². The fourth-order valence-corrected chi connectivity index (χ4v) is 4.94. The zero-order valence-corrected chi connectivity index (χ0v) is 13.0. The van der Waals surface area contributed by atoms with Gasteiger partial charge in [0.25, 0.3) is 0 Å². The van der Waals surface area contributed by atoms with Gasteiger partial charge in [0.2, 0.25) is 0 Å². The lowest BCUT2D eigenvalue weighted by Gasteiger charge is -2.38. The molecule has 2 N–H and O–H groups in total. The van der Waals surface area contributed by atoms with E-state index >= 15 is 0 Å². The second-order valence-electron chi connectivity index (χ2n) is 7.09. The molecule has 8 atom stereocenters. The third-order valence-corrected chi connectivity index (χ3v) is 5.79. The second kappa shape index (κ2) is 5.21. The summed E-state index contributed by atoms with van der Waals surface area (Å²) in [6.45, 7) is 5.90. The van der Waals surface area contributed by atoms with Crippen LogP contribution in [0.4, 0.5) is 0 Å². The lowest BCUT2D eigenvalue weighted by atomic mass is 9.66. The van der Waals surface area contributed by atoms with E-state index in [2.05, 4.69) is 13.8 Å². The number of rotatable bonds is 5. The van der Waals surface area contributed by atoms with Gasteiger partial charge in [-0.15, -0.1) is 0 Å². The molecule has 3 aliphatic rings. The topological polar surface area (TPSA) is 76.0 Å². The fraction of sp³-hybridized carbons (Fsp3) is 0.938. The first kappa shape index (κ1) is 15.3. The van der Waals surface area contributed by atoms with Crippen molar-refractivity contribution in [3.8, 4) is 0 Å². The van der Waals surface area contributed by atoms with Crippen LogP contribution in [0.5, 0.6) is 0 Å². The maximum atomic E-state index is 11.0. The highest BCUT2D eigenvalue weighted by atomic mass is 16.5. The van der Waals surface area contributed by atoms with Crippen LogP contribution < -0.4 is 0 Å². The number of hydrogen-bond acceptors (Lipinski definition) is 4. The SMILES string of the molecule is CCC1OC(CC)C2C3OC(CC3C(C)(O)CC(=O)O)C12. The predicted molar refractivity (Wildman–Crippen MR) is 75.9 cm³/mol. The second-order valence-corrected chi connectivity index (χ2v) is 7.09. The van der Waals surface area contributed by atoms with Crippen molar-refractivity contribution in [1.29, 1.82) is 0 Å². The Bertz CT molecular complexity index is 421. The molecule has 0 aromatic carbocycles. The van der Waals surface area contributed by atoms with Gasteiger partial charge in [-0.25, -0.2) is 0 Å². The molecular weight excluding hydrogens is 272 g/mol. The summed E-state index contributed by atoms with van der Waals surface area (Å²) >= 11 is 0. The fourth-order valence-electron chi connectivity index (χ4n) is 4.94. The number of hydrogen-bond donors (Lipinski definition) is 2. The predicted octanol–water partition coefficient (Wildman–Crippen LogP) is 1.82. The minimum absolute atomic E-state index is 0.0594. The quantitative estimate of drug-likeness (QED) is 0.809. The minimum atomic E-state index is -1.21. The largest absolute Gasteiger partial charge is 0.481 e. The van der Waals surface area contributed by atoms with Crippen LogP contribution in [0.15, 0.2) is 0 Å². The van der Waals surface area contributed by atoms with E-state index in [-0.39, 0.29) is 36.8 Å². The molecule has 0 aromatic rings. The van der Waals surface area contributed by atoms with Crippen molar-refractivity contribution in [2.45, 2.75) is 76.5 Å². The summed E-state index contributed by atoms with van der Waals surface area (Å²) in [5, 5.41) is 19.6. The molecule has 21 heavy (non-hydrogen) atoms. The Balaban J connectivity index is 1.81. The molecule has 3 saturated heterocycles. The molecule has 120 valence electrons. The Hall–Kier alpha value is -0.650. The van der Waals surface area contributed by atoms with Gasteiger partial charge in [0.05, 0.1) is 36.4 Å². The molecule has 0 amide bonds. The van der Waals surface area contributed by atoms with E-state index < -0.39 is 11.6 Å². The van der Waals surface area contributed by atoms with Crippen LogP contribution in [0.2, 0.25) is 0 Å². The number of aliphatic hydroxyl groups is 1. The number of aliphatic carboxylic acids is 1. The number of ether oxygens (including phenoxy) is 2. The standard InChI is InChI=1S/C16H26O5/c1-4-9-13-11-6-8(16(3,19)7-12(17)18)15(21-11)14(13)10(5-2)20-9/h8-11,13-15,19H,4-7H2,1-3H3,(H,17,18). The molecule has 0 aliphatic carbocycles. The molecule has 8 unspecified atom stereocenters. The van der Waals surface area contributed by atoms with E-state index in [1.54, 1.807) is 6.92 Å². The van der Waals surface area contributed by atoms with Gasteiger partial charge >= 0.3 is 5.97 Å². The average molecular weight is 298 g/mol. The Morgan fingerprint density at radius 1 is 1.19 bits per heavy atom. The average Bonchev–Trinajstić information content (AvgIpc) is 3.06. The van der Waals surface area contributed by atoms with Crippen LogP contribution in [0.25, 0.3) is 0 Å². The van der Waals surface area contributed by atoms with E-state index in [1.807, 2.05) is 0 Å². The summed E-state index contributed by atoms with van der Waals surface area (Å²) in [6, 6.07) is 0. The molecule has 5 heteroatoms. The Kier molecular flexibility index (Phi) is 3.79. The van der Waals surface area contributed by atoms with Gasteiger partial charge in [-0.3, -0.25) is 4.79 Å². The molecule has 2 bridgehead atoms. The summed E-state index contributed by atoms with van der Waals surface area (Å²) in [4.78, 5) is 11.0. The van der Waals surface area contributed by atoms with Crippen LogP contribution in [-0.4, -0.2) is 46.2 Å². The first-order valence-electron chi connectivity index (χ1n) is 8.14. The van der Waals surface area contributed by atoms with Gasteiger partial charge in [-0.1, -0.05) is 13.8 Å². The van der Waals surface area contributed by atoms with Gasteiger partial charge in [-0.05, 0) is 26.2 Å². The zero-order valence-electron chi connectivity index (χ0n) is 13.0. The van der Waals surface area contributed by atoms with E-state index in [9.17, 15) is 9.90 Å². The maximum absolute atomic E-state index is 11.0. The van der Waals surface area contributed by atoms with Gasteiger partial charge in [0.1, 0.15) is 0 Å². The highest BCUT2D eigenvalue weighted by Crippen LogP contribution is 2.57. The molecule has 3 aliphatic heterocycles. The van der Waals surface area contributed by atoms with Crippen molar-refractivity contribution in [3.63, 3.8) is 0 Å². The summed E-state index contributed by atoms with van der Waals surface area (Å²) < 4.78 is 12.3. The smallest absolute Gasteiger partial charge is 0.306 e. The molecular formula is C16H26O5. The monoisotopic (exact) mass is 298 g/mol. The van der Waals surface area contributed by atoms with E-state index in [4.69, 9.17) is 14.6 Å². The summed E-state index contributed by atoms with van der Waals surface area (Å²) in [6.07, 6.45) is 2.94. The van der Waals surface area contributed by atoms with Crippen molar-refractivity contribution in [3.05, 3.63) is 0 Å². The summed E-state index contributed by atoms with van der Waals surface area (Å²) in [7, 11) is 0. The molecule has 0 spiro atoms. The number of carboxylic acid groups (broad SMARTS) is 1. The molecule has 0 saturated carbocycles. The van der Waals surface area contributed by atoms with Crippen molar-refractivity contribution in [2.75, 3.05) is 0 Å². The maximum Gasteiger partial charge on any atom is 0.306 e. The van der Waals surface area contributed by atoms with Crippen LogP contribution >= 0.6 is 0 Å². The highest BCUT2D eigenvalue weighted by Gasteiger charge is 2.64. The van der Waals surface area contributed by atoms with Gasteiger partial charge < -0.3 is 19.7 Å². The van der Waals surface area contributed by atoms with Crippen molar-refractivity contribution in [1.82, 2.24) is 0 Å². The molecule has 3 rings (SSSR count). The molecule has 0 radical (unpaired) electrons. The van der Waals surface area contributed by atoms with Gasteiger partial charge in [-0.2, -0.15) is 0 Å². The van der Waals surface area contributed by atoms with Crippen molar-refractivity contribution < 1.29 is 24.5 Å². The first-order chi connectivity index (χ1) is 9.89. The third kappa shape index (κ3) is 2.30. The third-order valence-electron chi connectivity index (χ3n) is 5.79. The highest BCUT2D eigenvalue weighted by molar-refractivity contribution is 5.68. The van der Waals surface area contributed by atoms with E-state index in [0.717, 1.165) is 19.3 Å². The van der Waals surface area contributed by atoms with Crippen LogP contribution in [-0.2, 0) is 14.3 Å². The lowest BCUT2D eigenvalue weighted by molar-refractivity contribution is -0.145. The Morgan fingerprint density at radius 2 is 1.81 bits per heavy atom. The normalized spacial score (nSPS) is 47.3. The lowest BCUT2D eigenvalue weighted by Crippen LogP contribution is -2.48. The van der Waals surface area contributed by atoms with E-state index in [1.165, 1.54) is 0 Å². The molecule has 0 aromatic heterocycles. The summed E-state index contributed by atoms with van der Waals surface area (Å²) in [5.41, 5.74) is -1.21. The number of carbonyl (C=O) groups is 1. The van der Waals surface area contributed by atoms with Crippen molar-refractivity contribution in [2.24, 2.45) is 17.8 Å². The zero-order chi connectivity index (χ0) is 15.4. The van der Waals surface area contributed by atoms with E-state index in [0.29, 0.717) is 11.8 Å². The first-order valence-corrected chi connectivity index (χ1v) is 8.14.